The SMILES string of the molecule is CC1CCCCC1NC(=O)CN1CCCN(CC(=O)NC(C)(C)C)CC1. The number of rotatable bonds is 5. The van der Waals surface area contributed by atoms with Gasteiger partial charge in [-0.25, -0.2) is 0 Å². The number of carbonyl (C=O) groups excluding carboxylic acids is 2. The van der Waals surface area contributed by atoms with Crippen LogP contribution in [0.25, 0.3) is 0 Å². The van der Waals surface area contributed by atoms with Crippen LogP contribution in [0.4, 0.5) is 0 Å². The van der Waals surface area contributed by atoms with Crippen LogP contribution in [0, 0.1) is 5.92 Å². The molecule has 0 radical (unpaired) electrons. The van der Waals surface area contributed by atoms with Gasteiger partial charge in [0, 0.05) is 24.7 Å². The standard InChI is InChI=1S/C20H38N4O2/c1-16-8-5-6-9-17(16)21-18(25)14-23-10-7-11-24(13-12-23)15-19(26)22-20(2,3)4/h16-17H,5-15H2,1-4H3,(H,21,25)(H,22,26). The van der Waals surface area contributed by atoms with Crippen molar-refractivity contribution < 1.29 is 9.59 Å². The summed E-state index contributed by atoms with van der Waals surface area (Å²) < 4.78 is 0. The van der Waals surface area contributed by atoms with Crippen molar-refractivity contribution in [2.75, 3.05) is 39.3 Å². The normalized spacial score (nSPS) is 26.2. The van der Waals surface area contributed by atoms with Crippen molar-refractivity contribution in [2.45, 2.75) is 71.4 Å². The average Bonchev–Trinajstić information content (AvgIpc) is 2.73. The van der Waals surface area contributed by atoms with Gasteiger partial charge < -0.3 is 10.6 Å². The van der Waals surface area contributed by atoms with E-state index in [-0.39, 0.29) is 17.4 Å². The quantitative estimate of drug-likeness (QED) is 0.776. The first-order valence-electron chi connectivity index (χ1n) is 10.3. The van der Waals surface area contributed by atoms with Crippen LogP contribution in [-0.2, 0) is 9.59 Å². The third kappa shape index (κ3) is 7.62. The lowest BCUT2D eigenvalue weighted by Gasteiger charge is -2.30. The predicted octanol–water partition coefficient (Wildman–Crippen LogP) is 1.60. The fourth-order valence-electron chi connectivity index (χ4n) is 3.99. The largest absolute Gasteiger partial charge is 0.352 e. The molecular formula is C20H38N4O2. The Hall–Kier alpha value is -1.14. The van der Waals surface area contributed by atoms with E-state index in [1.54, 1.807) is 0 Å². The van der Waals surface area contributed by atoms with Crippen molar-refractivity contribution in [3.05, 3.63) is 0 Å². The summed E-state index contributed by atoms with van der Waals surface area (Å²) in [5.41, 5.74) is -0.191. The molecule has 1 saturated carbocycles. The lowest BCUT2D eigenvalue weighted by molar-refractivity contribution is -0.124. The molecule has 2 amide bonds. The summed E-state index contributed by atoms with van der Waals surface area (Å²) >= 11 is 0. The van der Waals surface area contributed by atoms with E-state index in [1.165, 1.54) is 19.3 Å². The van der Waals surface area contributed by atoms with E-state index in [0.29, 0.717) is 25.0 Å². The van der Waals surface area contributed by atoms with Gasteiger partial charge in [-0.05, 0) is 59.0 Å². The highest BCUT2D eigenvalue weighted by Crippen LogP contribution is 2.23. The van der Waals surface area contributed by atoms with E-state index in [1.807, 2.05) is 20.8 Å². The molecule has 1 aliphatic carbocycles. The summed E-state index contributed by atoms with van der Waals surface area (Å²) in [5, 5.41) is 6.27. The van der Waals surface area contributed by atoms with Crippen LogP contribution in [0.2, 0.25) is 0 Å². The number of nitrogens with zero attached hydrogens (tertiary/aromatic N) is 2. The van der Waals surface area contributed by atoms with Gasteiger partial charge in [-0.3, -0.25) is 19.4 Å². The molecule has 0 bridgehead atoms. The summed E-state index contributed by atoms with van der Waals surface area (Å²) in [7, 11) is 0. The molecule has 2 rings (SSSR count). The molecule has 6 nitrogen and oxygen atoms in total. The number of hydrogen-bond acceptors (Lipinski definition) is 4. The average molecular weight is 367 g/mol. The van der Waals surface area contributed by atoms with Crippen LogP contribution in [0.5, 0.6) is 0 Å². The minimum absolute atomic E-state index is 0.0787. The van der Waals surface area contributed by atoms with E-state index in [0.717, 1.165) is 39.0 Å². The molecular weight excluding hydrogens is 328 g/mol. The lowest BCUT2D eigenvalue weighted by Crippen LogP contribution is -2.47. The molecule has 0 aromatic rings. The van der Waals surface area contributed by atoms with Gasteiger partial charge in [0.15, 0.2) is 0 Å². The van der Waals surface area contributed by atoms with Crippen LogP contribution in [0.15, 0.2) is 0 Å². The molecule has 2 unspecified atom stereocenters. The lowest BCUT2D eigenvalue weighted by atomic mass is 9.86. The molecule has 0 aromatic carbocycles. The molecule has 1 saturated heterocycles. The van der Waals surface area contributed by atoms with Gasteiger partial charge in [0.25, 0.3) is 0 Å². The Labute approximate surface area is 159 Å². The zero-order valence-electron chi connectivity index (χ0n) is 17.1. The monoisotopic (exact) mass is 366 g/mol. The van der Waals surface area contributed by atoms with Crippen molar-refractivity contribution in [3.63, 3.8) is 0 Å². The van der Waals surface area contributed by atoms with Crippen LogP contribution in [0.1, 0.15) is 59.8 Å². The molecule has 2 aliphatic rings. The molecule has 0 spiro atoms. The van der Waals surface area contributed by atoms with E-state index < -0.39 is 0 Å². The molecule has 1 aliphatic heterocycles. The maximum absolute atomic E-state index is 12.4. The smallest absolute Gasteiger partial charge is 0.234 e. The van der Waals surface area contributed by atoms with Gasteiger partial charge in [0.2, 0.25) is 11.8 Å². The van der Waals surface area contributed by atoms with E-state index in [2.05, 4.69) is 27.4 Å². The molecule has 6 heteroatoms. The zero-order chi connectivity index (χ0) is 19.2. The fraction of sp³-hybridized carbons (Fsp3) is 0.900. The second kappa shape index (κ2) is 9.70. The maximum atomic E-state index is 12.4. The molecule has 150 valence electrons. The Morgan fingerprint density at radius 3 is 2.04 bits per heavy atom. The maximum Gasteiger partial charge on any atom is 0.234 e. The highest BCUT2D eigenvalue weighted by atomic mass is 16.2. The van der Waals surface area contributed by atoms with Crippen LogP contribution in [0.3, 0.4) is 0 Å². The molecule has 2 atom stereocenters. The minimum Gasteiger partial charge on any atom is -0.352 e. The van der Waals surface area contributed by atoms with E-state index in [9.17, 15) is 9.59 Å². The number of amides is 2. The number of carbonyl (C=O) groups is 2. The third-order valence-corrected chi connectivity index (χ3v) is 5.39. The second-order valence-corrected chi connectivity index (χ2v) is 9.14. The van der Waals surface area contributed by atoms with E-state index >= 15 is 0 Å². The van der Waals surface area contributed by atoms with E-state index in [4.69, 9.17) is 0 Å². The summed E-state index contributed by atoms with van der Waals surface area (Å²) in [6.07, 6.45) is 5.85. The fourth-order valence-corrected chi connectivity index (χ4v) is 3.99. The van der Waals surface area contributed by atoms with Gasteiger partial charge in [-0.2, -0.15) is 0 Å². The van der Waals surface area contributed by atoms with Gasteiger partial charge >= 0.3 is 0 Å². The predicted molar refractivity (Wildman–Crippen MR) is 105 cm³/mol. The first-order chi connectivity index (χ1) is 12.2. The van der Waals surface area contributed by atoms with Crippen LogP contribution >= 0.6 is 0 Å². The Balaban J connectivity index is 1.72. The topological polar surface area (TPSA) is 64.7 Å². The third-order valence-electron chi connectivity index (χ3n) is 5.39. The Morgan fingerprint density at radius 2 is 1.46 bits per heavy atom. The Kier molecular flexibility index (Phi) is 7.89. The minimum atomic E-state index is -0.191. The van der Waals surface area contributed by atoms with Gasteiger partial charge in [-0.1, -0.05) is 19.8 Å². The summed E-state index contributed by atoms with van der Waals surface area (Å²) in [6, 6.07) is 0.348. The van der Waals surface area contributed by atoms with Crippen LogP contribution in [-0.4, -0.2) is 72.5 Å². The first-order valence-corrected chi connectivity index (χ1v) is 10.3. The second-order valence-electron chi connectivity index (χ2n) is 9.14. The molecule has 2 fully saturated rings. The molecule has 1 heterocycles. The Bertz CT molecular complexity index is 475. The molecule has 0 aromatic heterocycles. The Morgan fingerprint density at radius 1 is 0.885 bits per heavy atom. The van der Waals surface area contributed by atoms with Gasteiger partial charge in [0.05, 0.1) is 13.1 Å². The number of nitrogens with one attached hydrogen (secondary N) is 2. The first kappa shape index (κ1) is 21.2. The van der Waals surface area contributed by atoms with Crippen molar-refractivity contribution in [3.8, 4) is 0 Å². The summed E-state index contributed by atoms with van der Waals surface area (Å²) in [6.45, 7) is 12.7. The molecule has 2 N–H and O–H groups in total. The zero-order valence-corrected chi connectivity index (χ0v) is 17.1. The van der Waals surface area contributed by atoms with Crippen molar-refractivity contribution >= 4 is 11.8 Å². The van der Waals surface area contributed by atoms with Crippen molar-refractivity contribution in [1.82, 2.24) is 20.4 Å². The van der Waals surface area contributed by atoms with Gasteiger partial charge in [-0.15, -0.1) is 0 Å². The van der Waals surface area contributed by atoms with Crippen LogP contribution < -0.4 is 10.6 Å². The summed E-state index contributed by atoms with van der Waals surface area (Å²) in [5.74, 6) is 0.825. The molecule has 26 heavy (non-hydrogen) atoms. The van der Waals surface area contributed by atoms with Crippen molar-refractivity contribution in [2.24, 2.45) is 5.92 Å². The number of hydrogen-bond donors (Lipinski definition) is 2. The van der Waals surface area contributed by atoms with Gasteiger partial charge in [0.1, 0.15) is 0 Å². The van der Waals surface area contributed by atoms with Crippen molar-refractivity contribution in [1.29, 1.82) is 0 Å². The highest BCUT2D eigenvalue weighted by Gasteiger charge is 2.24. The summed E-state index contributed by atoms with van der Waals surface area (Å²) in [4.78, 5) is 29.0. The highest BCUT2D eigenvalue weighted by molar-refractivity contribution is 5.79.